The number of nitrogens with zero attached hydrogens (tertiary/aromatic N) is 1. The van der Waals surface area contributed by atoms with E-state index in [1.54, 1.807) is 0 Å². The molecule has 1 aliphatic rings. The number of carbonyl (C=O) groups excluding carboxylic acids is 2. The molecule has 0 radical (unpaired) electrons. The normalized spacial score (nSPS) is 18.4. The molecular weight excluding hydrogens is 454 g/mol. The van der Waals surface area contributed by atoms with Gasteiger partial charge in [-0.15, -0.1) is 0 Å². The molecule has 5 nitrogen and oxygen atoms in total. The molecule has 32 heavy (non-hydrogen) atoms. The van der Waals surface area contributed by atoms with E-state index in [4.69, 9.17) is 16.3 Å². The SMILES string of the molecule is COCCCN1C(=O)C(=O)/C(=C(/O)c2ccc(Cl)cc2)C1c1ccc(C(F)(F)F)c(F)c1. The predicted molar refractivity (Wildman–Crippen MR) is 108 cm³/mol. The highest BCUT2D eigenvalue weighted by atomic mass is 35.5. The summed E-state index contributed by atoms with van der Waals surface area (Å²) in [7, 11) is 1.44. The first-order valence-electron chi connectivity index (χ1n) is 9.46. The maximum Gasteiger partial charge on any atom is 0.419 e. The van der Waals surface area contributed by atoms with E-state index in [9.17, 15) is 32.3 Å². The van der Waals surface area contributed by atoms with Crippen molar-refractivity contribution in [1.29, 1.82) is 0 Å². The average Bonchev–Trinajstić information content (AvgIpc) is 2.98. The first-order valence-corrected chi connectivity index (χ1v) is 9.84. The second-order valence-corrected chi connectivity index (χ2v) is 7.52. The minimum Gasteiger partial charge on any atom is -0.507 e. The number of halogens is 5. The first-order chi connectivity index (χ1) is 15.1. The number of Topliss-reactive ketones (excluding diaryl/α,β-unsaturated/α-hetero) is 1. The van der Waals surface area contributed by atoms with Crippen LogP contribution in [-0.2, 0) is 20.5 Å². The minimum absolute atomic E-state index is 0.00309. The lowest BCUT2D eigenvalue weighted by molar-refractivity contribution is -0.140. The number of amides is 1. The highest BCUT2D eigenvalue weighted by Gasteiger charge is 2.46. The van der Waals surface area contributed by atoms with Gasteiger partial charge in [0, 0.05) is 30.8 Å². The Balaban J connectivity index is 2.15. The fourth-order valence-electron chi connectivity index (χ4n) is 3.53. The number of ketones is 1. The molecule has 0 bridgehead atoms. The second-order valence-electron chi connectivity index (χ2n) is 7.08. The number of carbonyl (C=O) groups is 2. The quantitative estimate of drug-likeness (QED) is 0.213. The van der Waals surface area contributed by atoms with Crippen LogP contribution in [0.2, 0.25) is 5.02 Å². The summed E-state index contributed by atoms with van der Waals surface area (Å²) in [6.45, 7) is 0.247. The highest BCUT2D eigenvalue weighted by Crippen LogP contribution is 2.41. The zero-order valence-corrected chi connectivity index (χ0v) is 17.5. The molecular formula is C22H18ClF4NO4. The van der Waals surface area contributed by atoms with Gasteiger partial charge in [0.15, 0.2) is 0 Å². The summed E-state index contributed by atoms with van der Waals surface area (Å²) < 4.78 is 58.2. The number of rotatable bonds is 6. The summed E-state index contributed by atoms with van der Waals surface area (Å²) in [5.41, 5.74) is -1.74. The third-order valence-corrected chi connectivity index (χ3v) is 5.27. The van der Waals surface area contributed by atoms with Crippen molar-refractivity contribution in [3.05, 3.63) is 75.6 Å². The van der Waals surface area contributed by atoms with Crippen LogP contribution in [0, 0.1) is 5.82 Å². The summed E-state index contributed by atoms with van der Waals surface area (Å²) >= 11 is 5.84. The fraction of sp³-hybridized carbons (Fsp3) is 0.273. The van der Waals surface area contributed by atoms with E-state index in [-0.39, 0.29) is 29.9 Å². The summed E-state index contributed by atoms with van der Waals surface area (Å²) in [5.74, 6) is -4.08. The molecule has 0 saturated carbocycles. The molecule has 0 aromatic heterocycles. The van der Waals surface area contributed by atoms with Gasteiger partial charge >= 0.3 is 6.18 Å². The van der Waals surface area contributed by atoms with Crippen LogP contribution in [0.3, 0.4) is 0 Å². The monoisotopic (exact) mass is 471 g/mol. The molecule has 1 amide bonds. The van der Waals surface area contributed by atoms with Gasteiger partial charge in [-0.1, -0.05) is 17.7 Å². The Morgan fingerprint density at radius 2 is 1.81 bits per heavy atom. The van der Waals surface area contributed by atoms with Gasteiger partial charge in [-0.2, -0.15) is 13.2 Å². The van der Waals surface area contributed by atoms with Crippen molar-refractivity contribution in [3.63, 3.8) is 0 Å². The Bertz CT molecular complexity index is 1070. The third-order valence-electron chi connectivity index (χ3n) is 5.02. The molecule has 1 heterocycles. The van der Waals surface area contributed by atoms with E-state index < -0.39 is 41.0 Å². The van der Waals surface area contributed by atoms with Crippen LogP contribution in [0.5, 0.6) is 0 Å². The first kappa shape index (κ1) is 23.7. The molecule has 0 spiro atoms. The summed E-state index contributed by atoms with van der Waals surface area (Å²) in [5, 5.41) is 11.2. The number of benzene rings is 2. The van der Waals surface area contributed by atoms with Crippen LogP contribution in [0.15, 0.2) is 48.0 Å². The van der Waals surface area contributed by atoms with E-state index in [2.05, 4.69) is 0 Å². The molecule has 1 atom stereocenters. The molecule has 3 rings (SSSR count). The number of aliphatic hydroxyl groups is 1. The van der Waals surface area contributed by atoms with Crippen LogP contribution >= 0.6 is 11.6 Å². The Hall–Kier alpha value is -2.91. The van der Waals surface area contributed by atoms with Crippen LogP contribution < -0.4 is 0 Å². The van der Waals surface area contributed by atoms with Gasteiger partial charge in [-0.05, 0) is 48.4 Å². The number of hydrogen-bond donors (Lipinski definition) is 1. The lowest BCUT2D eigenvalue weighted by Crippen LogP contribution is -2.31. The molecule has 170 valence electrons. The number of likely N-dealkylation sites (tertiary alicyclic amines) is 1. The number of methoxy groups -OCH3 is 1. The van der Waals surface area contributed by atoms with Crippen molar-refractivity contribution in [2.24, 2.45) is 0 Å². The molecule has 1 aliphatic heterocycles. The van der Waals surface area contributed by atoms with Gasteiger partial charge in [0.1, 0.15) is 11.6 Å². The van der Waals surface area contributed by atoms with Gasteiger partial charge in [-0.3, -0.25) is 9.59 Å². The summed E-state index contributed by atoms with van der Waals surface area (Å²) in [6, 6.07) is 6.62. The number of alkyl halides is 3. The molecule has 1 unspecified atom stereocenters. The van der Waals surface area contributed by atoms with E-state index in [1.165, 1.54) is 31.4 Å². The molecule has 2 aromatic carbocycles. The fourth-order valence-corrected chi connectivity index (χ4v) is 3.66. The van der Waals surface area contributed by atoms with Crippen molar-refractivity contribution in [3.8, 4) is 0 Å². The van der Waals surface area contributed by atoms with E-state index in [1.807, 2.05) is 0 Å². The van der Waals surface area contributed by atoms with Gasteiger partial charge in [-0.25, -0.2) is 4.39 Å². The van der Waals surface area contributed by atoms with Gasteiger partial charge in [0.25, 0.3) is 11.7 Å². The molecule has 10 heteroatoms. The van der Waals surface area contributed by atoms with Crippen LogP contribution in [0.25, 0.3) is 5.76 Å². The average molecular weight is 472 g/mol. The number of aliphatic hydroxyl groups excluding tert-OH is 1. The smallest absolute Gasteiger partial charge is 0.419 e. The zero-order chi connectivity index (χ0) is 23.6. The topological polar surface area (TPSA) is 66.8 Å². The van der Waals surface area contributed by atoms with Crippen LogP contribution in [-0.4, -0.2) is 42.0 Å². The third kappa shape index (κ3) is 4.63. The van der Waals surface area contributed by atoms with E-state index >= 15 is 0 Å². The van der Waals surface area contributed by atoms with Gasteiger partial charge in [0.2, 0.25) is 0 Å². The molecule has 1 saturated heterocycles. The largest absolute Gasteiger partial charge is 0.507 e. The summed E-state index contributed by atoms with van der Waals surface area (Å²) in [4.78, 5) is 26.6. The highest BCUT2D eigenvalue weighted by molar-refractivity contribution is 6.46. The molecule has 1 N–H and O–H groups in total. The van der Waals surface area contributed by atoms with E-state index in [0.29, 0.717) is 23.6 Å². The van der Waals surface area contributed by atoms with Gasteiger partial charge < -0.3 is 14.7 Å². The molecule has 0 aliphatic carbocycles. The predicted octanol–water partition coefficient (Wildman–Crippen LogP) is 4.96. The minimum atomic E-state index is -4.91. The molecule has 2 aromatic rings. The standard InChI is InChI=1S/C22H18ClF4NO4/c1-32-10-2-9-28-18(13-5-8-15(16(24)11-13)22(25,26)27)17(20(30)21(28)31)19(29)12-3-6-14(23)7-4-12/h3-8,11,18,29H,2,9-10H2,1H3/b19-17+. The zero-order valence-electron chi connectivity index (χ0n) is 16.7. The Morgan fingerprint density at radius 3 is 2.38 bits per heavy atom. The number of ether oxygens (including phenoxy) is 1. The Morgan fingerprint density at radius 1 is 1.16 bits per heavy atom. The lowest BCUT2D eigenvalue weighted by Gasteiger charge is -2.25. The van der Waals surface area contributed by atoms with Crippen molar-refractivity contribution >= 4 is 29.1 Å². The van der Waals surface area contributed by atoms with Crippen molar-refractivity contribution in [2.45, 2.75) is 18.6 Å². The maximum absolute atomic E-state index is 14.3. The maximum atomic E-state index is 14.3. The summed E-state index contributed by atoms with van der Waals surface area (Å²) in [6.07, 6.45) is -4.60. The van der Waals surface area contributed by atoms with Crippen molar-refractivity contribution < 1.29 is 37.0 Å². The van der Waals surface area contributed by atoms with Crippen LogP contribution in [0.1, 0.15) is 29.2 Å². The Kier molecular flexibility index (Phi) is 6.90. The van der Waals surface area contributed by atoms with Gasteiger partial charge in [0.05, 0.1) is 17.2 Å². The van der Waals surface area contributed by atoms with Crippen LogP contribution in [0.4, 0.5) is 17.6 Å². The van der Waals surface area contributed by atoms with Crippen molar-refractivity contribution in [1.82, 2.24) is 4.90 Å². The lowest BCUT2D eigenvalue weighted by atomic mass is 9.94. The Labute approximate surface area is 185 Å². The molecule has 1 fully saturated rings. The second kappa shape index (κ2) is 9.30. The number of hydrogen-bond acceptors (Lipinski definition) is 4. The van der Waals surface area contributed by atoms with E-state index in [0.717, 1.165) is 11.0 Å². The van der Waals surface area contributed by atoms with Crippen molar-refractivity contribution in [2.75, 3.05) is 20.3 Å².